The van der Waals surface area contributed by atoms with Crippen molar-refractivity contribution < 1.29 is 4.74 Å². The molecule has 1 aromatic heterocycles. The monoisotopic (exact) mass is 286 g/mol. The van der Waals surface area contributed by atoms with E-state index in [1.165, 1.54) is 0 Å². The summed E-state index contributed by atoms with van der Waals surface area (Å²) in [6, 6.07) is 10.1. The molecule has 0 aliphatic carbocycles. The molecule has 21 heavy (non-hydrogen) atoms. The molecule has 1 aromatic carbocycles. The maximum atomic E-state index is 6.06. The van der Waals surface area contributed by atoms with Gasteiger partial charge in [0.15, 0.2) is 5.82 Å². The van der Waals surface area contributed by atoms with Gasteiger partial charge in [-0.15, -0.1) is 0 Å². The number of nitrogens with two attached hydrogens (primary N) is 1. The number of benzene rings is 1. The van der Waals surface area contributed by atoms with Crippen molar-refractivity contribution in [2.75, 3.05) is 18.2 Å². The molecule has 0 saturated heterocycles. The lowest BCUT2D eigenvalue weighted by Crippen LogP contribution is -2.19. The summed E-state index contributed by atoms with van der Waals surface area (Å²) < 4.78 is 5.26. The molecule has 0 bridgehead atoms. The Labute approximate surface area is 125 Å². The van der Waals surface area contributed by atoms with E-state index in [0.717, 1.165) is 5.56 Å². The molecule has 0 unspecified atom stereocenters. The van der Waals surface area contributed by atoms with E-state index in [1.807, 2.05) is 30.3 Å². The first-order valence-corrected chi connectivity index (χ1v) is 6.91. The third-order valence-electron chi connectivity index (χ3n) is 3.08. The van der Waals surface area contributed by atoms with Gasteiger partial charge in [-0.3, -0.25) is 0 Å². The number of nitrogen functional groups attached to an aromatic ring is 1. The summed E-state index contributed by atoms with van der Waals surface area (Å²) in [4.78, 5) is 8.92. The van der Waals surface area contributed by atoms with E-state index in [1.54, 1.807) is 7.11 Å². The third kappa shape index (κ3) is 3.62. The summed E-state index contributed by atoms with van der Waals surface area (Å²) in [5.41, 5.74) is 7.47. The van der Waals surface area contributed by atoms with Gasteiger partial charge < -0.3 is 15.8 Å². The number of hydrogen-bond donors (Lipinski definition) is 2. The van der Waals surface area contributed by atoms with Crippen LogP contribution in [0, 0.1) is 0 Å². The van der Waals surface area contributed by atoms with E-state index in [4.69, 9.17) is 10.5 Å². The van der Waals surface area contributed by atoms with E-state index in [0.29, 0.717) is 29.8 Å². The van der Waals surface area contributed by atoms with Crippen LogP contribution in [0.2, 0.25) is 0 Å². The second-order valence-corrected chi connectivity index (χ2v) is 5.91. The summed E-state index contributed by atoms with van der Waals surface area (Å²) in [6.45, 7) is 6.81. The number of anilines is 2. The molecule has 2 aromatic rings. The summed E-state index contributed by atoms with van der Waals surface area (Å²) in [5, 5.41) is 3.26. The first kappa shape index (κ1) is 15.1. The maximum Gasteiger partial charge on any atom is 0.242 e. The molecule has 0 atom stereocenters. The number of nitrogens with zero attached hydrogens (tertiary/aromatic N) is 2. The molecule has 2 rings (SSSR count). The summed E-state index contributed by atoms with van der Waals surface area (Å²) in [5.74, 6) is 1.71. The fraction of sp³-hybridized carbons (Fsp3) is 0.375. The van der Waals surface area contributed by atoms with Crippen LogP contribution in [-0.4, -0.2) is 17.1 Å². The van der Waals surface area contributed by atoms with Gasteiger partial charge >= 0.3 is 0 Å². The average molecular weight is 286 g/mol. The zero-order valence-electron chi connectivity index (χ0n) is 13.0. The second-order valence-electron chi connectivity index (χ2n) is 5.91. The average Bonchev–Trinajstić information content (AvgIpc) is 2.46. The normalized spacial score (nSPS) is 11.2. The van der Waals surface area contributed by atoms with E-state index >= 15 is 0 Å². The van der Waals surface area contributed by atoms with Crippen LogP contribution in [-0.2, 0) is 12.0 Å². The quantitative estimate of drug-likeness (QED) is 0.904. The van der Waals surface area contributed by atoms with Gasteiger partial charge in [0.2, 0.25) is 5.88 Å². The summed E-state index contributed by atoms with van der Waals surface area (Å²) >= 11 is 0. The number of ether oxygens (including phenoxy) is 1. The number of methoxy groups -OCH3 is 1. The SMILES string of the molecule is COc1nc(C(C)(C)C)nc(NCc2ccccc2)c1N. The third-order valence-corrected chi connectivity index (χ3v) is 3.08. The Hall–Kier alpha value is -2.30. The van der Waals surface area contributed by atoms with E-state index in [2.05, 4.69) is 36.1 Å². The van der Waals surface area contributed by atoms with Gasteiger partial charge in [-0.1, -0.05) is 51.1 Å². The lowest BCUT2D eigenvalue weighted by molar-refractivity contribution is 0.391. The molecule has 112 valence electrons. The number of rotatable bonds is 4. The van der Waals surface area contributed by atoms with Crippen molar-refractivity contribution in [3.05, 3.63) is 41.7 Å². The van der Waals surface area contributed by atoms with Crippen LogP contribution in [0.5, 0.6) is 5.88 Å². The highest BCUT2D eigenvalue weighted by Gasteiger charge is 2.21. The van der Waals surface area contributed by atoms with Gasteiger partial charge in [0.1, 0.15) is 11.5 Å². The minimum absolute atomic E-state index is 0.176. The zero-order chi connectivity index (χ0) is 15.5. The van der Waals surface area contributed by atoms with Crippen LogP contribution >= 0.6 is 0 Å². The second kappa shape index (κ2) is 5.99. The van der Waals surface area contributed by atoms with Crippen LogP contribution < -0.4 is 15.8 Å². The fourth-order valence-electron chi connectivity index (χ4n) is 1.86. The van der Waals surface area contributed by atoms with Crippen LogP contribution in [0.1, 0.15) is 32.2 Å². The van der Waals surface area contributed by atoms with Crippen molar-refractivity contribution in [3.63, 3.8) is 0 Å². The minimum atomic E-state index is -0.176. The molecular formula is C16H22N4O. The Morgan fingerprint density at radius 3 is 2.38 bits per heavy atom. The highest BCUT2D eigenvalue weighted by Crippen LogP contribution is 2.30. The largest absolute Gasteiger partial charge is 0.479 e. The number of hydrogen-bond acceptors (Lipinski definition) is 5. The van der Waals surface area contributed by atoms with Crippen LogP contribution in [0.25, 0.3) is 0 Å². The highest BCUT2D eigenvalue weighted by atomic mass is 16.5. The minimum Gasteiger partial charge on any atom is -0.479 e. The van der Waals surface area contributed by atoms with Crippen molar-refractivity contribution in [1.82, 2.24) is 9.97 Å². The van der Waals surface area contributed by atoms with Crippen molar-refractivity contribution >= 4 is 11.5 Å². The van der Waals surface area contributed by atoms with Gasteiger partial charge in [0.05, 0.1) is 7.11 Å². The van der Waals surface area contributed by atoms with E-state index in [9.17, 15) is 0 Å². The van der Waals surface area contributed by atoms with Crippen molar-refractivity contribution in [1.29, 1.82) is 0 Å². The topological polar surface area (TPSA) is 73.1 Å². The van der Waals surface area contributed by atoms with Gasteiger partial charge in [0.25, 0.3) is 0 Å². The van der Waals surface area contributed by atoms with Crippen LogP contribution in [0.15, 0.2) is 30.3 Å². The van der Waals surface area contributed by atoms with E-state index in [-0.39, 0.29) is 5.41 Å². The number of nitrogens with one attached hydrogen (secondary N) is 1. The molecule has 5 heteroatoms. The molecule has 0 fully saturated rings. The Morgan fingerprint density at radius 2 is 1.81 bits per heavy atom. The Morgan fingerprint density at radius 1 is 1.14 bits per heavy atom. The molecule has 0 amide bonds. The molecule has 1 heterocycles. The fourth-order valence-corrected chi connectivity index (χ4v) is 1.86. The molecule has 0 saturated carbocycles. The smallest absolute Gasteiger partial charge is 0.242 e. The Bertz CT molecular complexity index is 606. The van der Waals surface area contributed by atoms with Crippen LogP contribution in [0.3, 0.4) is 0 Å². The maximum absolute atomic E-state index is 6.06. The molecule has 5 nitrogen and oxygen atoms in total. The molecule has 3 N–H and O–H groups in total. The standard InChI is InChI=1S/C16H22N4O/c1-16(2,3)15-19-13(12(17)14(20-15)21-4)18-10-11-8-6-5-7-9-11/h5-9H,10,17H2,1-4H3,(H,18,19,20). The lowest BCUT2D eigenvalue weighted by atomic mass is 9.96. The van der Waals surface area contributed by atoms with Crippen molar-refractivity contribution in [2.45, 2.75) is 32.7 Å². The first-order valence-electron chi connectivity index (χ1n) is 6.91. The van der Waals surface area contributed by atoms with E-state index < -0.39 is 0 Å². The van der Waals surface area contributed by atoms with Gasteiger partial charge in [-0.05, 0) is 5.56 Å². The van der Waals surface area contributed by atoms with Gasteiger partial charge in [-0.2, -0.15) is 4.98 Å². The molecule has 0 aliphatic heterocycles. The Kier molecular flexibility index (Phi) is 4.31. The van der Waals surface area contributed by atoms with Crippen molar-refractivity contribution in [3.8, 4) is 5.88 Å². The number of aromatic nitrogens is 2. The molecular weight excluding hydrogens is 264 g/mol. The van der Waals surface area contributed by atoms with Crippen LogP contribution in [0.4, 0.5) is 11.5 Å². The van der Waals surface area contributed by atoms with Gasteiger partial charge in [-0.25, -0.2) is 4.98 Å². The Balaban J connectivity index is 2.29. The summed E-state index contributed by atoms with van der Waals surface area (Å²) in [7, 11) is 1.56. The zero-order valence-corrected chi connectivity index (χ0v) is 13.0. The van der Waals surface area contributed by atoms with Crippen molar-refractivity contribution in [2.24, 2.45) is 0 Å². The van der Waals surface area contributed by atoms with Gasteiger partial charge in [0, 0.05) is 12.0 Å². The first-order chi connectivity index (χ1) is 9.91. The molecule has 0 spiro atoms. The lowest BCUT2D eigenvalue weighted by Gasteiger charge is -2.20. The molecule has 0 radical (unpaired) electrons. The highest BCUT2D eigenvalue weighted by molar-refractivity contribution is 5.67. The predicted molar refractivity (Wildman–Crippen MR) is 85.5 cm³/mol. The summed E-state index contributed by atoms with van der Waals surface area (Å²) in [6.07, 6.45) is 0. The molecule has 0 aliphatic rings. The predicted octanol–water partition coefficient (Wildman–Crippen LogP) is 2.98.